The normalized spacial score (nSPS) is 18.4. The van der Waals surface area contributed by atoms with Crippen LogP contribution in [0.25, 0.3) is 22.7 Å². The third kappa shape index (κ3) is 3.91. The van der Waals surface area contributed by atoms with Gasteiger partial charge in [0.15, 0.2) is 28.6 Å². The molecule has 0 saturated carbocycles. The van der Waals surface area contributed by atoms with Crippen molar-refractivity contribution in [2.75, 3.05) is 6.61 Å². The Morgan fingerprint density at radius 1 is 1.37 bits per heavy atom. The van der Waals surface area contributed by atoms with Crippen LogP contribution in [0.3, 0.4) is 0 Å². The largest absolute Gasteiger partial charge is 0.458 e. The van der Waals surface area contributed by atoms with E-state index in [2.05, 4.69) is 26.8 Å². The van der Waals surface area contributed by atoms with Gasteiger partial charge in [0.1, 0.15) is 17.4 Å². The molecular formula is C21H21ClN4O4. The number of halogens is 1. The van der Waals surface area contributed by atoms with Crippen LogP contribution in [0.4, 0.5) is 0 Å². The van der Waals surface area contributed by atoms with Crippen molar-refractivity contribution in [1.82, 2.24) is 19.5 Å². The number of hydrogen-bond donors (Lipinski definition) is 0. The Kier molecular flexibility index (Phi) is 5.75. The Hall–Kier alpha value is -2.89. The zero-order valence-electron chi connectivity index (χ0n) is 16.9. The lowest BCUT2D eigenvalue weighted by Crippen LogP contribution is -2.25. The Bertz CT molecular complexity index is 1160. The summed E-state index contributed by atoms with van der Waals surface area (Å²) in [6.45, 7) is 5.70. The van der Waals surface area contributed by atoms with Crippen LogP contribution in [0, 0.1) is 18.8 Å². The van der Waals surface area contributed by atoms with Crippen LogP contribution in [-0.2, 0) is 14.3 Å². The first-order valence-corrected chi connectivity index (χ1v) is 10.2. The number of ether oxygens (including phenoxy) is 2. The van der Waals surface area contributed by atoms with E-state index in [1.165, 1.54) is 6.92 Å². The first-order chi connectivity index (χ1) is 14.5. The molecule has 0 unspecified atom stereocenters. The molecule has 0 amide bonds. The number of carbonyl (C=O) groups is 1. The summed E-state index contributed by atoms with van der Waals surface area (Å²) in [5.41, 5.74) is 0.850. The van der Waals surface area contributed by atoms with Crippen molar-refractivity contribution in [1.29, 1.82) is 0 Å². The summed E-state index contributed by atoms with van der Waals surface area (Å²) in [6.07, 6.45) is 1.11. The molecule has 8 nitrogen and oxygen atoms in total. The molecule has 1 fully saturated rings. The lowest BCUT2D eigenvalue weighted by Gasteiger charge is -2.21. The number of furan rings is 1. The highest BCUT2D eigenvalue weighted by atomic mass is 35.5. The molecule has 0 N–H and O–H groups in total. The van der Waals surface area contributed by atoms with Crippen LogP contribution in [0.1, 0.15) is 50.9 Å². The minimum atomic E-state index is -0.623. The highest BCUT2D eigenvalue weighted by molar-refractivity contribution is 6.33. The van der Waals surface area contributed by atoms with Crippen LogP contribution in [0.15, 0.2) is 16.5 Å². The molecule has 3 aromatic heterocycles. The number of nitrogens with zero attached hydrogens (tertiary/aromatic N) is 4. The fourth-order valence-electron chi connectivity index (χ4n) is 3.36. The van der Waals surface area contributed by atoms with Gasteiger partial charge >= 0.3 is 5.97 Å². The summed E-state index contributed by atoms with van der Waals surface area (Å²) in [7, 11) is 0. The maximum absolute atomic E-state index is 11.6. The van der Waals surface area contributed by atoms with Gasteiger partial charge in [-0.1, -0.05) is 24.4 Å². The molecule has 156 valence electrons. The van der Waals surface area contributed by atoms with Gasteiger partial charge in [-0.05, 0) is 31.4 Å². The third-order valence-corrected chi connectivity index (χ3v) is 4.88. The fourth-order valence-corrected chi connectivity index (χ4v) is 3.57. The number of fused-ring (bicyclic) bond motifs is 1. The van der Waals surface area contributed by atoms with Gasteiger partial charge in [0, 0.05) is 19.8 Å². The second-order valence-corrected chi connectivity index (χ2v) is 7.33. The standard InChI is InChI=1S/C21H21ClN4O4/c1-4-5-6-7-16-23-18(22)17-20(24-16)26(19(25-17)14-9-8-12(2)29-14)21-15(10-11-28-21)30-13(3)27/h8-9,15,21H,4-5,10-11H2,1-3H3/t15-,21-/m1/s1. The minimum absolute atomic E-state index is 0.186. The number of imidazole rings is 1. The van der Waals surface area contributed by atoms with E-state index in [0.29, 0.717) is 41.6 Å². The predicted octanol–water partition coefficient (Wildman–Crippen LogP) is 4.05. The third-order valence-electron chi connectivity index (χ3n) is 4.61. The molecule has 0 spiro atoms. The number of aromatic nitrogens is 4. The van der Waals surface area contributed by atoms with Gasteiger partial charge < -0.3 is 13.9 Å². The second kappa shape index (κ2) is 8.46. The summed E-state index contributed by atoms with van der Waals surface area (Å²) in [5, 5.41) is 0.186. The van der Waals surface area contributed by atoms with Crippen LogP contribution >= 0.6 is 11.6 Å². The number of carbonyl (C=O) groups excluding carboxylic acids is 1. The van der Waals surface area contributed by atoms with E-state index in [0.717, 1.165) is 18.6 Å². The molecule has 0 bridgehead atoms. The molecule has 9 heteroatoms. The van der Waals surface area contributed by atoms with Gasteiger partial charge in [-0.2, -0.15) is 0 Å². The van der Waals surface area contributed by atoms with Gasteiger partial charge in [-0.3, -0.25) is 9.36 Å². The summed E-state index contributed by atoms with van der Waals surface area (Å²) < 4.78 is 19.0. The average molecular weight is 429 g/mol. The van der Waals surface area contributed by atoms with E-state index in [4.69, 9.17) is 25.5 Å². The molecular weight excluding hydrogens is 408 g/mol. The molecule has 2 atom stereocenters. The van der Waals surface area contributed by atoms with E-state index < -0.39 is 12.3 Å². The number of unbranched alkanes of at least 4 members (excludes halogenated alkanes) is 1. The SMILES string of the molecule is CCCC#Cc1nc(Cl)c2nc(-c3ccc(C)o3)n([C@@H]3OCC[C@H]3OC(C)=O)c2n1. The topological polar surface area (TPSA) is 92.3 Å². The molecule has 1 aliphatic rings. The van der Waals surface area contributed by atoms with E-state index in [-0.39, 0.29) is 11.1 Å². The van der Waals surface area contributed by atoms with Gasteiger partial charge in [0.05, 0.1) is 6.61 Å². The number of esters is 1. The first-order valence-electron chi connectivity index (χ1n) is 9.78. The maximum atomic E-state index is 11.6. The lowest BCUT2D eigenvalue weighted by molar-refractivity contribution is -0.151. The molecule has 4 heterocycles. The van der Waals surface area contributed by atoms with Crippen LogP contribution < -0.4 is 0 Å². The molecule has 0 aromatic carbocycles. The zero-order valence-corrected chi connectivity index (χ0v) is 17.7. The fraction of sp³-hybridized carbons (Fsp3) is 0.429. The summed E-state index contributed by atoms with van der Waals surface area (Å²) >= 11 is 6.43. The molecule has 4 rings (SSSR count). The highest BCUT2D eigenvalue weighted by Gasteiger charge is 2.37. The van der Waals surface area contributed by atoms with Crippen LogP contribution in [0.5, 0.6) is 0 Å². The minimum Gasteiger partial charge on any atom is -0.458 e. The van der Waals surface area contributed by atoms with Crippen molar-refractivity contribution < 1.29 is 18.7 Å². The van der Waals surface area contributed by atoms with Gasteiger partial charge in [-0.15, -0.1) is 0 Å². The smallest absolute Gasteiger partial charge is 0.303 e. The first kappa shape index (κ1) is 20.4. The summed E-state index contributed by atoms with van der Waals surface area (Å²) in [4.78, 5) is 25.1. The van der Waals surface area contributed by atoms with Crippen LogP contribution in [-0.4, -0.2) is 38.2 Å². The number of hydrogen-bond acceptors (Lipinski definition) is 7. The quantitative estimate of drug-likeness (QED) is 0.351. The molecule has 0 radical (unpaired) electrons. The Labute approximate surface area is 178 Å². The van der Waals surface area contributed by atoms with E-state index >= 15 is 0 Å². The van der Waals surface area contributed by atoms with Crippen LogP contribution in [0.2, 0.25) is 5.15 Å². The molecule has 0 aliphatic carbocycles. The van der Waals surface area contributed by atoms with Crippen molar-refractivity contribution in [3.8, 4) is 23.4 Å². The maximum Gasteiger partial charge on any atom is 0.303 e. The number of aryl methyl sites for hydroxylation is 1. The van der Waals surface area contributed by atoms with E-state index in [9.17, 15) is 4.79 Å². The Morgan fingerprint density at radius 3 is 2.90 bits per heavy atom. The summed E-state index contributed by atoms with van der Waals surface area (Å²) in [5.74, 6) is 7.62. The monoisotopic (exact) mass is 428 g/mol. The Morgan fingerprint density at radius 2 is 2.20 bits per heavy atom. The van der Waals surface area contributed by atoms with Crippen molar-refractivity contribution in [3.63, 3.8) is 0 Å². The molecule has 30 heavy (non-hydrogen) atoms. The highest BCUT2D eigenvalue weighted by Crippen LogP contribution is 2.36. The second-order valence-electron chi connectivity index (χ2n) is 6.98. The number of rotatable bonds is 4. The van der Waals surface area contributed by atoms with Crippen molar-refractivity contribution in [3.05, 3.63) is 28.9 Å². The van der Waals surface area contributed by atoms with Crippen molar-refractivity contribution in [2.45, 2.75) is 52.4 Å². The van der Waals surface area contributed by atoms with Gasteiger partial charge in [0.2, 0.25) is 5.82 Å². The van der Waals surface area contributed by atoms with E-state index in [1.807, 2.05) is 26.0 Å². The molecule has 1 saturated heterocycles. The van der Waals surface area contributed by atoms with Gasteiger partial charge in [0.25, 0.3) is 0 Å². The predicted molar refractivity (Wildman–Crippen MR) is 110 cm³/mol. The molecule has 3 aromatic rings. The van der Waals surface area contributed by atoms with Crippen molar-refractivity contribution in [2.24, 2.45) is 0 Å². The van der Waals surface area contributed by atoms with Gasteiger partial charge in [-0.25, -0.2) is 15.0 Å². The lowest BCUT2D eigenvalue weighted by atomic mass is 10.2. The average Bonchev–Trinajstić information content (AvgIpc) is 3.40. The Balaban J connectivity index is 1.92. The zero-order chi connectivity index (χ0) is 21.3. The van der Waals surface area contributed by atoms with Crippen molar-refractivity contribution >= 4 is 28.7 Å². The molecule has 1 aliphatic heterocycles. The van der Waals surface area contributed by atoms with E-state index in [1.54, 1.807) is 4.57 Å². The summed E-state index contributed by atoms with van der Waals surface area (Å²) in [6, 6.07) is 3.65.